The molecule has 7 nitrogen and oxygen atoms in total. The average molecular weight is 544 g/mol. The van der Waals surface area contributed by atoms with Crippen molar-refractivity contribution < 1.29 is 22.4 Å². The molecule has 0 bridgehead atoms. The van der Waals surface area contributed by atoms with Gasteiger partial charge in [-0.1, -0.05) is 42.1 Å². The third-order valence-electron chi connectivity index (χ3n) is 6.05. The fraction of sp³-hybridized carbons (Fsp3) is 0.417. The van der Waals surface area contributed by atoms with Crippen LogP contribution in [0.2, 0.25) is 10.0 Å². The second-order valence-corrected chi connectivity index (χ2v) is 11.4. The Morgan fingerprint density at radius 1 is 1.09 bits per heavy atom. The van der Waals surface area contributed by atoms with E-state index >= 15 is 0 Å². The van der Waals surface area contributed by atoms with E-state index in [0.29, 0.717) is 15.6 Å². The number of carbonyl (C=O) groups excluding carboxylic acids is 2. The fourth-order valence-corrected chi connectivity index (χ4v) is 5.42. The molecule has 35 heavy (non-hydrogen) atoms. The van der Waals surface area contributed by atoms with Crippen LogP contribution in [-0.2, 0) is 26.2 Å². The monoisotopic (exact) mass is 543 g/mol. The summed E-state index contributed by atoms with van der Waals surface area (Å²) in [5.41, 5.74) is 0.568. The van der Waals surface area contributed by atoms with Gasteiger partial charge in [0.25, 0.3) is 0 Å². The van der Waals surface area contributed by atoms with Gasteiger partial charge in [0, 0.05) is 28.2 Å². The molecule has 0 spiro atoms. The highest BCUT2D eigenvalue weighted by molar-refractivity contribution is 7.92. The van der Waals surface area contributed by atoms with E-state index in [1.807, 2.05) is 0 Å². The molecule has 1 aliphatic carbocycles. The van der Waals surface area contributed by atoms with Crippen LogP contribution >= 0.6 is 23.2 Å². The van der Waals surface area contributed by atoms with Crippen molar-refractivity contribution in [3.63, 3.8) is 0 Å². The van der Waals surface area contributed by atoms with Crippen molar-refractivity contribution in [2.75, 3.05) is 17.1 Å². The highest BCUT2D eigenvalue weighted by Gasteiger charge is 2.32. The van der Waals surface area contributed by atoms with Gasteiger partial charge in [-0.3, -0.25) is 13.9 Å². The lowest BCUT2D eigenvalue weighted by atomic mass is 10.1. The third-order valence-corrected chi connectivity index (χ3v) is 7.90. The number of benzene rings is 2. The molecule has 190 valence electrons. The van der Waals surface area contributed by atoms with E-state index in [0.717, 1.165) is 48.4 Å². The number of hydrogen-bond acceptors (Lipinski definition) is 4. The van der Waals surface area contributed by atoms with Gasteiger partial charge >= 0.3 is 0 Å². The highest BCUT2D eigenvalue weighted by Crippen LogP contribution is 2.27. The van der Waals surface area contributed by atoms with Crippen LogP contribution in [0.4, 0.5) is 10.1 Å². The summed E-state index contributed by atoms with van der Waals surface area (Å²) in [6.07, 6.45) is 4.75. The number of amides is 2. The minimum absolute atomic E-state index is 0.0394. The van der Waals surface area contributed by atoms with Crippen LogP contribution in [0.3, 0.4) is 0 Å². The molecule has 1 unspecified atom stereocenters. The van der Waals surface area contributed by atoms with Crippen molar-refractivity contribution >= 4 is 50.7 Å². The Morgan fingerprint density at radius 3 is 2.20 bits per heavy atom. The minimum atomic E-state index is -3.90. The molecule has 1 fully saturated rings. The SMILES string of the molecule is CC(C(=O)NC1CCCC1)N(Cc1c(Cl)cccc1Cl)C(=O)CN(c1ccc(F)cc1)S(C)(=O)=O. The van der Waals surface area contributed by atoms with Crippen molar-refractivity contribution in [3.05, 3.63) is 63.9 Å². The number of nitrogens with zero attached hydrogens (tertiary/aromatic N) is 2. The molecule has 0 aliphatic heterocycles. The largest absolute Gasteiger partial charge is 0.352 e. The van der Waals surface area contributed by atoms with Gasteiger partial charge in [0.05, 0.1) is 11.9 Å². The molecule has 0 saturated heterocycles. The first kappa shape index (κ1) is 27.2. The predicted molar refractivity (Wildman–Crippen MR) is 135 cm³/mol. The summed E-state index contributed by atoms with van der Waals surface area (Å²) < 4.78 is 39.3. The van der Waals surface area contributed by atoms with Crippen LogP contribution in [0, 0.1) is 5.82 Å². The number of halogens is 3. The molecular formula is C24H28Cl2FN3O4S. The first-order chi connectivity index (χ1) is 16.5. The van der Waals surface area contributed by atoms with Gasteiger partial charge in [-0.05, 0) is 56.2 Å². The van der Waals surface area contributed by atoms with Gasteiger partial charge in [0.15, 0.2) is 0 Å². The van der Waals surface area contributed by atoms with E-state index in [2.05, 4.69) is 5.32 Å². The van der Waals surface area contributed by atoms with E-state index in [9.17, 15) is 22.4 Å². The first-order valence-corrected chi connectivity index (χ1v) is 13.8. The zero-order valence-corrected chi connectivity index (χ0v) is 21.8. The minimum Gasteiger partial charge on any atom is -0.352 e. The second-order valence-electron chi connectivity index (χ2n) is 8.63. The van der Waals surface area contributed by atoms with E-state index in [-0.39, 0.29) is 24.2 Å². The maximum Gasteiger partial charge on any atom is 0.244 e. The third kappa shape index (κ3) is 7.08. The number of rotatable bonds is 9. The summed E-state index contributed by atoms with van der Waals surface area (Å²) in [6.45, 7) is 0.890. The molecule has 2 amide bonds. The molecule has 2 aromatic rings. The Labute approximate surface area is 215 Å². The van der Waals surface area contributed by atoms with Gasteiger partial charge < -0.3 is 10.2 Å². The summed E-state index contributed by atoms with van der Waals surface area (Å²) in [5, 5.41) is 3.61. The highest BCUT2D eigenvalue weighted by atomic mass is 35.5. The van der Waals surface area contributed by atoms with Gasteiger partial charge in [0.1, 0.15) is 18.4 Å². The summed E-state index contributed by atoms with van der Waals surface area (Å²) in [6, 6.07) is 8.78. The van der Waals surface area contributed by atoms with Crippen molar-refractivity contribution in [1.82, 2.24) is 10.2 Å². The number of hydrogen-bond donors (Lipinski definition) is 1. The summed E-state index contributed by atoms with van der Waals surface area (Å²) in [7, 11) is -3.90. The lowest BCUT2D eigenvalue weighted by Gasteiger charge is -2.32. The molecule has 0 radical (unpaired) electrons. The van der Waals surface area contributed by atoms with Crippen LogP contribution in [0.1, 0.15) is 38.2 Å². The smallest absolute Gasteiger partial charge is 0.244 e. The molecule has 11 heteroatoms. The number of sulfonamides is 1. The van der Waals surface area contributed by atoms with E-state index in [1.54, 1.807) is 25.1 Å². The molecule has 1 aliphatic rings. The second kappa shape index (κ2) is 11.6. The van der Waals surface area contributed by atoms with E-state index < -0.39 is 34.3 Å². The normalized spacial score (nSPS) is 15.0. The van der Waals surface area contributed by atoms with E-state index in [1.165, 1.54) is 17.0 Å². The maximum absolute atomic E-state index is 13.5. The Hall–Kier alpha value is -2.36. The van der Waals surface area contributed by atoms with Crippen LogP contribution in [0.25, 0.3) is 0 Å². The quantitative estimate of drug-likeness (QED) is 0.508. The molecular weight excluding hydrogens is 516 g/mol. The topological polar surface area (TPSA) is 86.8 Å². The van der Waals surface area contributed by atoms with Crippen LogP contribution < -0.4 is 9.62 Å². The number of anilines is 1. The average Bonchev–Trinajstić information content (AvgIpc) is 3.30. The van der Waals surface area contributed by atoms with Crippen molar-refractivity contribution in [1.29, 1.82) is 0 Å². The molecule has 0 aromatic heterocycles. The molecule has 3 rings (SSSR count). The van der Waals surface area contributed by atoms with Crippen LogP contribution in [0.5, 0.6) is 0 Å². The Balaban J connectivity index is 1.91. The lowest BCUT2D eigenvalue weighted by molar-refractivity contribution is -0.139. The first-order valence-electron chi connectivity index (χ1n) is 11.2. The molecule has 1 N–H and O–H groups in total. The molecule has 1 saturated carbocycles. The van der Waals surface area contributed by atoms with Gasteiger partial charge in [-0.25, -0.2) is 12.8 Å². The lowest BCUT2D eigenvalue weighted by Crippen LogP contribution is -2.52. The Kier molecular flexibility index (Phi) is 9.01. The van der Waals surface area contributed by atoms with Crippen molar-refractivity contribution in [2.45, 2.75) is 51.2 Å². The molecule has 2 aromatic carbocycles. The van der Waals surface area contributed by atoms with Crippen molar-refractivity contribution in [2.24, 2.45) is 0 Å². The van der Waals surface area contributed by atoms with E-state index in [4.69, 9.17) is 23.2 Å². The van der Waals surface area contributed by atoms with Gasteiger partial charge in [-0.15, -0.1) is 0 Å². The van der Waals surface area contributed by atoms with Crippen LogP contribution in [-0.4, -0.2) is 50.0 Å². The molecule has 1 atom stereocenters. The van der Waals surface area contributed by atoms with Gasteiger partial charge in [-0.2, -0.15) is 0 Å². The fourth-order valence-electron chi connectivity index (χ4n) is 4.05. The Morgan fingerprint density at radius 2 is 1.66 bits per heavy atom. The maximum atomic E-state index is 13.5. The Bertz CT molecular complexity index is 1150. The predicted octanol–water partition coefficient (Wildman–Crippen LogP) is 4.37. The van der Waals surface area contributed by atoms with Crippen molar-refractivity contribution in [3.8, 4) is 0 Å². The van der Waals surface area contributed by atoms with Crippen LogP contribution in [0.15, 0.2) is 42.5 Å². The van der Waals surface area contributed by atoms with Gasteiger partial charge in [0.2, 0.25) is 21.8 Å². The molecule has 0 heterocycles. The summed E-state index contributed by atoms with van der Waals surface area (Å²) >= 11 is 12.6. The number of nitrogens with one attached hydrogen (secondary N) is 1. The zero-order chi connectivity index (χ0) is 25.8. The summed E-state index contributed by atoms with van der Waals surface area (Å²) in [4.78, 5) is 27.8. The standard InChI is InChI=1S/C24H28Cl2FN3O4S/c1-16(24(32)28-18-6-3-4-7-18)29(14-20-21(25)8-5-9-22(20)26)23(31)15-30(35(2,33)34)19-12-10-17(27)11-13-19/h5,8-13,16,18H,3-4,6-7,14-15H2,1-2H3,(H,28,32). The zero-order valence-electron chi connectivity index (χ0n) is 19.5. The summed E-state index contributed by atoms with van der Waals surface area (Å²) in [5.74, 6) is -1.52. The number of carbonyl (C=O) groups is 2.